The largest absolute Gasteiger partial charge is 0.298 e. The molecule has 0 amide bonds. The van der Waals surface area contributed by atoms with Crippen LogP contribution in [-0.2, 0) is 16.0 Å². The van der Waals surface area contributed by atoms with Gasteiger partial charge in [0.2, 0.25) is 0 Å². The third-order valence-electron chi connectivity index (χ3n) is 5.84. The van der Waals surface area contributed by atoms with Crippen LogP contribution in [-0.4, -0.2) is 16.6 Å². The SMILES string of the molecule is Cc1cc(C)c(C2C(=O)CC(Cc3ccc(C4CC4)cn3)C2=O)c(C)c1. The van der Waals surface area contributed by atoms with E-state index in [9.17, 15) is 9.59 Å². The molecule has 3 nitrogen and oxygen atoms in total. The van der Waals surface area contributed by atoms with Crippen LogP contribution in [0.3, 0.4) is 0 Å². The topological polar surface area (TPSA) is 47.0 Å². The van der Waals surface area contributed by atoms with Gasteiger partial charge in [-0.3, -0.25) is 14.6 Å². The Labute approximate surface area is 154 Å². The monoisotopic (exact) mass is 347 g/mol. The molecule has 2 unspecified atom stereocenters. The molecule has 26 heavy (non-hydrogen) atoms. The molecular formula is C23H25NO2. The fourth-order valence-electron chi connectivity index (χ4n) is 4.45. The van der Waals surface area contributed by atoms with Gasteiger partial charge in [-0.25, -0.2) is 0 Å². The molecule has 2 saturated carbocycles. The second-order valence-corrected chi connectivity index (χ2v) is 8.08. The Morgan fingerprint density at radius 3 is 2.31 bits per heavy atom. The number of nitrogens with zero attached hydrogens (tertiary/aromatic N) is 1. The number of aromatic nitrogens is 1. The van der Waals surface area contributed by atoms with Crippen LogP contribution in [0.4, 0.5) is 0 Å². The van der Waals surface area contributed by atoms with Crippen molar-refractivity contribution in [2.75, 3.05) is 0 Å². The van der Waals surface area contributed by atoms with Gasteiger partial charge in [-0.05, 0) is 74.3 Å². The summed E-state index contributed by atoms with van der Waals surface area (Å²) in [6.07, 6.45) is 5.36. The lowest BCUT2D eigenvalue weighted by atomic mass is 9.86. The smallest absolute Gasteiger partial charge is 0.151 e. The van der Waals surface area contributed by atoms with Crippen LogP contribution in [0.1, 0.15) is 64.6 Å². The molecule has 0 spiro atoms. The molecule has 2 fully saturated rings. The molecule has 1 aromatic heterocycles. The Bertz CT molecular complexity index is 855. The van der Waals surface area contributed by atoms with Crippen molar-refractivity contribution in [3.63, 3.8) is 0 Å². The van der Waals surface area contributed by atoms with E-state index in [0.717, 1.165) is 27.9 Å². The lowest BCUT2D eigenvalue weighted by Crippen LogP contribution is -2.19. The van der Waals surface area contributed by atoms with E-state index in [-0.39, 0.29) is 17.5 Å². The zero-order valence-electron chi connectivity index (χ0n) is 15.7. The number of carbonyl (C=O) groups excluding carboxylic acids is 2. The van der Waals surface area contributed by atoms with E-state index in [4.69, 9.17) is 0 Å². The normalized spacial score (nSPS) is 22.9. The predicted molar refractivity (Wildman–Crippen MR) is 101 cm³/mol. The van der Waals surface area contributed by atoms with Gasteiger partial charge in [0, 0.05) is 24.2 Å². The molecule has 0 aliphatic heterocycles. The number of hydrogen-bond donors (Lipinski definition) is 0. The average Bonchev–Trinajstić information content (AvgIpc) is 3.38. The number of benzene rings is 1. The van der Waals surface area contributed by atoms with Gasteiger partial charge in [0.15, 0.2) is 5.78 Å². The van der Waals surface area contributed by atoms with Crippen molar-refractivity contribution in [1.29, 1.82) is 0 Å². The molecule has 0 saturated heterocycles. The van der Waals surface area contributed by atoms with Crippen LogP contribution in [0, 0.1) is 26.7 Å². The number of Topliss-reactive ketones (excluding diaryl/α,β-unsaturated/α-hetero) is 2. The first kappa shape index (κ1) is 17.1. The van der Waals surface area contributed by atoms with Gasteiger partial charge in [0.1, 0.15) is 11.7 Å². The molecule has 2 aliphatic carbocycles. The summed E-state index contributed by atoms with van der Waals surface area (Å²) >= 11 is 0. The van der Waals surface area contributed by atoms with E-state index in [1.807, 2.05) is 33.0 Å². The average molecular weight is 347 g/mol. The Kier molecular flexibility index (Phi) is 4.26. The first-order valence-corrected chi connectivity index (χ1v) is 9.53. The number of ketones is 2. The van der Waals surface area contributed by atoms with E-state index in [2.05, 4.69) is 23.2 Å². The van der Waals surface area contributed by atoms with Crippen LogP contribution >= 0.6 is 0 Å². The summed E-state index contributed by atoms with van der Waals surface area (Å²) in [5.41, 5.74) is 6.39. The van der Waals surface area contributed by atoms with Crippen LogP contribution in [0.15, 0.2) is 30.5 Å². The lowest BCUT2D eigenvalue weighted by molar-refractivity contribution is -0.124. The summed E-state index contributed by atoms with van der Waals surface area (Å²) in [5.74, 6) is -0.0240. The zero-order valence-corrected chi connectivity index (χ0v) is 15.7. The van der Waals surface area contributed by atoms with Gasteiger partial charge in [0.05, 0.1) is 0 Å². The molecule has 134 valence electrons. The maximum absolute atomic E-state index is 13.0. The quantitative estimate of drug-likeness (QED) is 0.772. The predicted octanol–water partition coefficient (Wildman–Crippen LogP) is 4.37. The van der Waals surface area contributed by atoms with Crippen molar-refractivity contribution in [2.24, 2.45) is 5.92 Å². The highest BCUT2D eigenvalue weighted by molar-refractivity contribution is 6.15. The van der Waals surface area contributed by atoms with Crippen LogP contribution < -0.4 is 0 Å². The van der Waals surface area contributed by atoms with Crippen molar-refractivity contribution in [3.05, 3.63) is 64.0 Å². The molecule has 3 heteroatoms. The van der Waals surface area contributed by atoms with Gasteiger partial charge in [-0.1, -0.05) is 23.8 Å². The summed E-state index contributed by atoms with van der Waals surface area (Å²) in [7, 11) is 0. The minimum absolute atomic E-state index is 0.0599. The highest BCUT2D eigenvalue weighted by Gasteiger charge is 2.43. The summed E-state index contributed by atoms with van der Waals surface area (Å²) in [6.45, 7) is 6.05. The first-order chi connectivity index (χ1) is 12.4. The van der Waals surface area contributed by atoms with E-state index in [1.54, 1.807) is 0 Å². The Balaban J connectivity index is 1.55. The molecule has 2 atom stereocenters. The number of pyridine rings is 1. The van der Waals surface area contributed by atoms with Gasteiger partial charge in [0.25, 0.3) is 0 Å². The summed E-state index contributed by atoms with van der Waals surface area (Å²) in [4.78, 5) is 30.3. The van der Waals surface area contributed by atoms with Crippen molar-refractivity contribution >= 4 is 11.6 Å². The van der Waals surface area contributed by atoms with Crippen molar-refractivity contribution in [1.82, 2.24) is 4.98 Å². The Morgan fingerprint density at radius 1 is 1.04 bits per heavy atom. The molecule has 0 bridgehead atoms. The molecule has 0 radical (unpaired) electrons. The maximum Gasteiger partial charge on any atom is 0.151 e. The minimum Gasteiger partial charge on any atom is -0.298 e. The lowest BCUT2D eigenvalue weighted by Gasteiger charge is -2.16. The van der Waals surface area contributed by atoms with Crippen molar-refractivity contribution in [3.8, 4) is 0 Å². The Hall–Kier alpha value is -2.29. The third-order valence-corrected chi connectivity index (χ3v) is 5.84. The molecule has 2 aromatic rings. The number of hydrogen-bond acceptors (Lipinski definition) is 3. The minimum atomic E-state index is -0.591. The molecule has 0 N–H and O–H groups in total. The summed E-state index contributed by atoms with van der Waals surface area (Å²) < 4.78 is 0. The van der Waals surface area contributed by atoms with Gasteiger partial charge >= 0.3 is 0 Å². The molecular weight excluding hydrogens is 322 g/mol. The van der Waals surface area contributed by atoms with Gasteiger partial charge < -0.3 is 0 Å². The fraction of sp³-hybridized carbons (Fsp3) is 0.435. The van der Waals surface area contributed by atoms with E-state index >= 15 is 0 Å². The number of aryl methyl sites for hydroxylation is 3. The van der Waals surface area contributed by atoms with Gasteiger partial charge in [-0.2, -0.15) is 0 Å². The van der Waals surface area contributed by atoms with Crippen LogP contribution in [0.25, 0.3) is 0 Å². The third kappa shape index (κ3) is 3.11. The summed E-state index contributed by atoms with van der Waals surface area (Å²) in [5, 5.41) is 0. The molecule has 1 heterocycles. The highest BCUT2D eigenvalue weighted by atomic mass is 16.2. The zero-order chi connectivity index (χ0) is 18.4. The first-order valence-electron chi connectivity index (χ1n) is 9.53. The molecule has 2 aliphatic rings. The van der Waals surface area contributed by atoms with Crippen LogP contribution in [0.2, 0.25) is 0 Å². The second kappa shape index (κ2) is 6.46. The molecule has 4 rings (SSSR count). The summed E-state index contributed by atoms with van der Waals surface area (Å²) in [6, 6.07) is 8.29. The van der Waals surface area contributed by atoms with Crippen molar-refractivity contribution in [2.45, 2.75) is 58.3 Å². The van der Waals surface area contributed by atoms with Crippen molar-refractivity contribution < 1.29 is 9.59 Å². The van der Waals surface area contributed by atoms with E-state index in [1.165, 1.54) is 18.4 Å². The van der Waals surface area contributed by atoms with E-state index in [0.29, 0.717) is 18.8 Å². The second-order valence-electron chi connectivity index (χ2n) is 8.08. The molecule has 1 aromatic carbocycles. The number of rotatable bonds is 4. The van der Waals surface area contributed by atoms with Gasteiger partial charge in [-0.15, -0.1) is 0 Å². The van der Waals surface area contributed by atoms with Crippen LogP contribution in [0.5, 0.6) is 0 Å². The highest BCUT2D eigenvalue weighted by Crippen LogP contribution is 2.40. The Morgan fingerprint density at radius 2 is 1.73 bits per heavy atom. The maximum atomic E-state index is 13.0. The van der Waals surface area contributed by atoms with E-state index < -0.39 is 5.92 Å². The standard InChI is InChI=1S/C23H25NO2/c1-13-8-14(2)21(15(3)9-13)22-20(25)11-18(23(22)26)10-19-7-6-17(12-24-19)16-4-5-16/h6-9,12,16,18,22H,4-5,10-11H2,1-3H3. The number of carbonyl (C=O) groups is 2. The fourth-order valence-corrected chi connectivity index (χ4v) is 4.45.